The molecule has 0 saturated heterocycles. The Morgan fingerprint density at radius 3 is 2.33 bits per heavy atom. The minimum absolute atomic E-state index is 0.0418. The Balaban J connectivity index is 2.51. The highest BCUT2D eigenvalue weighted by Crippen LogP contribution is 2.30. The number of carbonyl (C=O) groups is 2. The molecule has 0 unspecified atom stereocenters. The van der Waals surface area contributed by atoms with Crippen LogP contribution in [0.15, 0.2) is 47.4 Å². The molecule has 0 aliphatic rings. The first-order valence-electron chi connectivity index (χ1n) is 7.88. The average Bonchev–Trinajstić information content (AvgIpc) is 2.61. The van der Waals surface area contributed by atoms with E-state index in [2.05, 4.69) is 10.1 Å². The van der Waals surface area contributed by atoms with Crippen molar-refractivity contribution in [2.75, 3.05) is 23.3 Å². The third-order valence-corrected chi connectivity index (χ3v) is 5.71. The summed E-state index contributed by atoms with van der Waals surface area (Å²) in [4.78, 5) is 22.9. The second kappa shape index (κ2) is 8.41. The van der Waals surface area contributed by atoms with Gasteiger partial charge in [-0.3, -0.25) is 13.9 Å². The zero-order valence-corrected chi connectivity index (χ0v) is 16.6. The number of aryl methyl sites for hydroxylation is 1. The topological polar surface area (TPSA) is 92.8 Å². The Morgan fingerprint density at radius 2 is 1.78 bits per heavy atom. The molecule has 0 radical (unpaired) electrons. The number of esters is 1. The van der Waals surface area contributed by atoms with Gasteiger partial charge in [-0.05, 0) is 48.9 Å². The van der Waals surface area contributed by atoms with Gasteiger partial charge in [0.15, 0.2) is 0 Å². The molecule has 144 valence electrons. The van der Waals surface area contributed by atoms with Gasteiger partial charge < -0.3 is 10.1 Å². The largest absolute Gasteiger partial charge is 0.468 e. The summed E-state index contributed by atoms with van der Waals surface area (Å²) < 4.78 is 31.9. The molecule has 0 fully saturated rings. The molecule has 0 bridgehead atoms. The number of rotatable bonds is 6. The van der Waals surface area contributed by atoms with Gasteiger partial charge in [0.05, 0.1) is 17.7 Å². The molecule has 2 rings (SSSR count). The highest BCUT2D eigenvalue weighted by molar-refractivity contribution is 7.92. The van der Waals surface area contributed by atoms with Crippen molar-refractivity contribution in [3.8, 4) is 0 Å². The second-order valence-electron chi connectivity index (χ2n) is 5.72. The summed E-state index contributed by atoms with van der Waals surface area (Å²) in [5.41, 5.74) is 1.36. The normalized spacial score (nSPS) is 11.0. The van der Waals surface area contributed by atoms with Crippen LogP contribution in [-0.4, -0.2) is 33.9 Å². The Morgan fingerprint density at radius 1 is 1.15 bits per heavy atom. The van der Waals surface area contributed by atoms with E-state index in [4.69, 9.17) is 11.6 Å². The van der Waals surface area contributed by atoms with E-state index in [0.717, 1.165) is 4.31 Å². The van der Waals surface area contributed by atoms with E-state index in [0.29, 0.717) is 16.3 Å². The monoisotopic (exact) mass is 410 g/mol. The number of ether oxygens (including phenoxy) is 1. The molecular weight excluding hydrogens is 392 g/mol. The molecule has 2 aromatic carbocycles. The summed E-state index contributed by atoms with van der Waals surface area (Å²) in [5.74, 6) is -0.986. The number of amides is 1. The fraction of sp³-hybridized carbons (Fsp3) is 0.222. The molecule has 0 spiro atoms. The minimum atomic E-state index is -4.08. The summed E-state index contributed by atoms with van der Waals surface area (Å²) in [5, 5.41) is 2.90. The number of halogens is 1. The Labute approximate surface area is 162 Å². The average molecular weight is 411 g/mol. The van der Waals surface area contributed by atoms with Gasteiger partial charge in [-0.2, -0.15) is 0 Å². The maximum Gasteiger partial charge on any atom is 0.326 e. The maximum absolute atomic E-state index is 13.2. The van der Waals surface area contributed by atoms with Gasteiger partial charge >= 0.3 is 5.97 Å². The molecule has 0 aliphatic carbocycles. The third-order valence-electron chi connectivity index (χ3n) is 3.70. The molecule has 0 aromatic heterocycles. The quantitative estimate of drug-likeness (QED) is 0.739. The Kier molecular flexibility index (Phi) is 6.45. The Hall–Kier alpha value is -2.58. The van der Waals surface area contributed by atoms with E-state index in [1.807, 2.05) is 0 Å². The van der Waals surface area contributed by atoms with Crippen molar-refractivity contribution in [3.63, 3.8) is 0 Å². The summed E-state index contributed by atoms with van der Waals surface area (Å²) in [7, 11) is -2.90. The lowest BCUT2D eigenvalue weighted by Gasteiger charge is -2.25. The zero-order chi connectivity index (χ0) is 20.2. The van der Waals surface area contributed by atoms with Crippen molar-refractivity contribution in [2.45, 2.75) is 18.7 Å². The van der Waals surface area contributed by atoms with Gasteiger partial charge in [0.1, 0.15) is 6.54 Å². The highest BCUT2D eigenvalue weighted by atomic mass is 35.5. The number of sulfonamides is 1. The van der Waals surface area contributed by atoms with Crippen LogP contribution in [0.1, 0.15) is 12.5 Å². The standard InChI is InChI=1S/C18H19ClN2O5S/c1-12-4-5-14(19)10-17(12)21(11-18(23)26-3)27(24,25)16-8-6-15(7-9-16)20-13(2)22/h4-10H,11H2,1-3H3,(H,20,22). The van der Waals surface area contributed by atoms with E-state index >= 15 is 0 Å². The number of benzene rings is 2. The van der Waals surface area contributed by atoms with E-state index in [9.17, 15) is 18.0 Å². The smallest absolute Gasteiger partial charge is 0.326 e. The lowest BCUT2D eigenvalue weighted by molar-refractivity contribution is -0.138. The van der Waals surface area contributed by atoms with Crippen LogP contribution in [-0.2, 0) is 24.3 Å². The van der Waals surface area contributed by atoms with E-state index in [1.54, 1.807) is 19.1 Å². The SMILES string of the molecule is COC(=O)CN(c1cc(Cl)ccc1C)S(=O)(=O)c1ccc(NC(C)=O)cc1. The van der Waals surface area contributed by atoms with Crippen LogP contribution in [0.25, 0.3) is 0 Å². The highest BCUT2D eigenvalue weighted by Gasteiger charge is 2.28. The van der Waals surface area contributed by atoms with Crippen molar-refractivity contribution in [3.05, 3.63) is 53.1 Å². The molecule has 7 nitrogen and oxygen atoms in total. The molecule has 9 heteroatoms. The molecule has 1 amide bonds. The summed E-state index contributed by atoms with van der Waals surface area (Å²) in [6.45, 7) is 2.56. The van der Waals surface area contributed by atoms with E-state index in [1.165, 1.54) is 44.4 Å². The third kappa shape index (κ3) is 4.99. The van der Waals surface area contributed by atoms with E-state index < -0.39 is 22.5 Å². The predicted octanol–water partition coefficient (Wildman–Crippen LogP) is 2.98. The van der Waals surface area contributed by atoms with Crippen LogP contribution in [0, 0.1) is 6.92 Å². The lowest BCUT2D eigenvalue weighted by atomic mass is 10.2. The number of nitrogens with zero attached hydrogens (tertiary/aromatic N) is 1. The molecule has 0 atom stereocenters. The molecule has 0 heterocycles. The van der Waals surface area contributed by atoms with Crippen LogP contribution >= 0.6 is 11.6 Å². The van der Waals surface area contributed by atoms with Gasteiger partial charge in [-0.25, -0.2) is 8.42 Å². The lowest BCUT2D eigenvalue weighted by Crippen LogP contribution is -2.36. The first-order valence-corrected chi connectivity index (χ1v) is 9.70. The molecule has 1 N–H and O–H groups in total. The van der Waals surface area contributed by atoms with Crippen LogP contribution < -0.4 is 9.62 Å². The molecular formula is C18H19ClN2O5S. The number of hydrogen-bond donors (Lipinski definition) is 1. The first kappa shape index (κ1) is 20.7. The van der Waals surface area contributed by atoms with Gasteiger partial charge in [0.2, 0.25) is 5.91 Å². The van der Waals surface area contributed by atoms with Crippen LogP contribution in [0.3, 0.4) is 0 Å². The summed E-state index contributed by atoms with van der Waals surface area (Å²) in [6.07, 6.45) is 0. The minimum Gasteiger partial charge on any atom is -0.468 e. The molecule has 2 aromatic rings. The van der Waals surface area contributed by atoms with Crippen LogP contribution in [0.2, 0.25) is 5.02 Å². The molecule has 0 saturated carbocycles. The molecule has 27 heavy (non-hydrogen) atoms. The first-order chi connectivity index (χ1) is 12.6. The fourth-order valence-electron chi connectivity index (χ4n) is 2.37. The van der Waals surface area contributed by atoms with Crippen LogP contribution in [0.5, 0.6) is 0 Å². The Bertz CT molecular complexity index is 958. The fourth-order valence-corrected chi connectivity index (χ4v) is 4.01. The summed E-state index contributed by atoms with van der Waals surface area (Å²) >= 11 is 6.02. The van der Waals surface area contributed by atoms with Crippen molar-refractivity contribution in [1.82, 2.24) is 0 Å². The number of carbonyl (C=O) groups excluding carboxylic acids is 2. The molecule has 0 aliphatic heterocycles. The van der Waals surface area contributed by atoms with Gasteiger partial charge in [-0.1, -0.05) is 17.7 Å². The van der Waals surface area contributed by atoms with E-state index in [-0.39, 0.29) is 16.5 Å². The number of nitrogens with one attached hydrogen (secondary N) is 1. The van der Waals surface area contributed by atoms with Crippen LogP contribution in [0.4, 0.5) is 11.4 Å². The van der Waals surface area contributed by atoms with Gasteiger partial charge in [-0.15, -0.1) is 0 Å². The van der Waals surface area contributed by atoms with Gasteiger partial charge in [0.25, 0.3) is 10.0 Å². The van der Waals surface area contributed by atoms with Crippen molar-refractivity contribution < 1.29 is 22.7 Å². The number of anilines is 2. The summed E-state index contributed by atoms with van der Waals surface area (Å²) in [6, 6.07) is 10.4. The van der Waals surface area contributed by atoms with Crippen molar-refractivity contribution in [2.24, 2.45) is 0 Å². The predicted molar refractivity (Wildman–Crippen MR) is 103 cm³/mol. The number of methoxy groups -OCH3 is 1. The van der Waals surface area contributed by atoms with Gasteiger partial charge in [0, 0.05) is 17.6 Å². The van der Waals surface area contributed by atoms with Crippen molar-refractivity contribution in [1.29, 1.82) is 0 Å². The number of hydrogen-bond acceptors (Lipinski definition) is 5. The van der Waals surface area contributed by atoms with Crippen molar-refractivity contribution >= 4 is 44.9 Å². The maximum atomic E-state index is 13.2. The zero-order valence-electron chi connectivity index (χ0n) is 15.0. The second-order valence-corrected chi connectivity index (χ2v) is 8.02.